The zero-order valence-corrected chi connectivity index (χ0v) is 23.3. The molecule has 3 rings (SSSR count). The zero-order chi connectivity index (χ0) is 29.3. The third-order valence-electron chi connectivity index (χ3n) is 6.35. The van der Waals surface area contributed by atoms with Crippen LogP contribution in [0.15, 0.2) is 53.4 Å². The van der Waals surface area contributed by atoms with Gasteiger partial charge in [-0.25, -0.2) is 8.42 Å². The van der Waals surface area contributed by atoms with Gasteiger partial charge in [-0.2, -0.15) is 8.78 Å². The lowest BCUT2D eigenvalue weighted by atomic mass is 10.1. The molecule has 14 heteroatoms. The Kier molecular flexibility index (Phi) is 11.3. The van der Waals surface area contributed by atoms with Gasteiger partial charge < -0.3 is 20.1 Å². The van der Waals surface area contributed by atoms with Crippen LogP contribution in [0, 0.1) is 0 Å². The van der Waals surface area contributed by atoms with Crippen LogP contribution in [0.2, 0.25) is 0 Å². The maximum absolute atomic E-state index is 12.9. The molecule has 0 radical (unpaired) electrons. The molecule has 0 unspecified atom stereocenters. The van der Waals surface area contributed by atoms with E-state index in [-0.39, 0.29) is 29.7 Å². The molecular formula is C26H31F2N3O7S2. The highest BCUT2D eigenvalue weighted by molar-refractivity contribution is 7.98. The number of alkyl halides is 2. The molecule has 1 aliphatic rings. The van der Waals surface area contributed by atoms with Gasteiger partial charge in [-0.3, -0.25) is 19.1 Å². The summed E-state index contributed by atoms with van der Waals surface area (Å²) in [6.45, 7) is -1.27. The van der Waals surface area contributed by atoms with Gasteiger partial charge in [0.05, 0.1) is 28.5 Å². The SMILES string of the molecule is CCS(=O)(=O)c1ccc([C@H](CC(=O)NCC(=O)O)SNC(=O)c2ccc(N3CCC[C@H]3COC(F)F)cc2)cc1. The summed E-state index contributed by atoms with van der Waals surface area (Å²) in [5.41, 5.74) is 1.67. The van der Waals surface area contributed by atoms with Crippen LogP contribution in [0.3, 0.4) is 0 Å². The average Bonchev–Trinajstić information content (AvgIpc) is 3.41. The molecule has 0 aromatic heterocycles. The van der Waals surface area contributed by atoms with E-state index in [1.807, 2.05) is 4.90 Å². The summed E-state index contributed by atoms with van der Waals surface area (Å²) >= 11 is 0.943. The Morgan fingerprint density at radius 2 is 1.80 bits per heavy atom. The molecule has 0 aliphatic carbocycles. The number of sulfone groups is 1. The van der Waals surface area contributed by atoms with Crippen molar-refractivity contribution in [3.05, 3.63) is 59.7 Å². The molecule has 40 heavy (non-hydrogen) atoms. The van der Waals surface area contributed by atoms with Crippen molar-refractivity contribution in [1.82, 2.24) is 10.0 Å². The number of nitrogens with one attached hydrogen (secondary N) is 2. The minimum absolute atomic E-state index is 0.0706. The number of aliphatic carboxylic acids is 1. The Balaban J connectivity index is 1.68. The van der Waals surface area contributed by atoms with Gasteiger partial charge in [0.1, 0.15) is 6.54 Å². The third-order valence-corrected chi connectivity index (χ3v) is 9.12. The molecule has 1 aliphatic heterocycles. The summed E-state index contributed by atoms with van der Waals surface area (Å²) in [5, 5.41) is 10.5. The fraction of sp³-hybridized carbons (Fsp3) is 0.423. The van der Waals surface area contributed by atoms with Gasteiger partial charge in [0, 0.05) is 24.2 Å². The molecule has 0 spiro atoms. The first-order valence-corrected chi connectivity index (χ1v) is 15.1. The Morgan fingerprint density at radius 1 is 1.12 bits per heavy atom. The number of carbonyl (C=O) groups is 3. The number of benzene rings is 2. The number of hydrogen-bond donors (Lipinski definition) is 3. The fourth-order valence-electron chi connectivity index (χ4n) is 4.22. The standard InChI is InChI=1S/C26H31F2N3O7S2/c1-2-40(36,37)21-11-7-17(8-12-21)22(14-23(32)29-15-24(33)34)39-30-25(35)18-5-9-19(10-6-18)31-13-3-4-20(31)16-38-26(27)28/h5-12,20,22,26H,2-4,13-16H2,1H3,(H,29,32)(H,30,35)(H,33,34)/t20-,22-/m0/s1. The summed E-state index contributed by atoms with van der Waals surface area (Å²) in [4.78, 5) is 38.1. The quantitative estimate of drug-likeness (QED) is 0.279. The maximum Gasteiger partial charge on any atom is 0.345 e. The Morgan fingerprint density at radius 3 is 2.40 bits per heavy atom. The predicted molar refractivity (Wildman–Crippen MR) is 146 cm³/mol. The van der Waals surface area contributed by atoms with E-state index in [0.717, 1.165) is 30.5 Å². The Hall–Kier alpha value is -3.23. The predicted octanol–water partition coefficient (Wildman–Crippen LogP) is 3.40. The molecular weight excluding hydrogens is 568 g/mol. The first kappa shape index (κ1) is 31.3. The van der Waals surface area contributed by atoms with Crippen LogP contribution in [-0.4, -0.2) is 69.4 Å². The first-order chi connectivity index (χ1) is 19.0. The summed E-state index contributed by atoms with van der Waals surface area (Å²) in [7, 11) is -3.43. The second-order valence-corrected chi connectivity index (χ2v) is 12.3. The summed E-state index contributed by atoms with van der Waals surface area (Å²) in [6.07, 6.45) is 1.38. The number of anilines is 1. The van der Waals surface area contributed by atoms with E-state index in [0.29, 0.717) is 17.7 Å². The van der Waals surface area contributed by atoms with Crippen molar-refractivity contribution < 1.29 is 41.4 Å². The van der Waals surface area contributed by atoms with Crippen molar-refractivity contribution >= 4 is 45.3 Å². The van der Waals surface area contributed by atoms with Crippen LogP contribution in [0.5, 0.6) is 0 Å². The number of carboxylic acid groups (broad SMARTS) is 1. The van der Waals surface area contributed by atoms with E-state index in [2.05, 4.69) is 14.8 Å². The number of hydrogen-bond acceptors (Lipinski definition) is 8. The number of rotatable bonds is 14. The van der Waals surface area contributed by atoms with Crippen LogP contribution in [-0.2, 0) is 24.2 Å². The van der Waals surface area contributed by atoms with E-state index >= 15 is 0 Å². The molecule has 2 aromatic rings. The minimum atomic E-state index is -3.43. The van der Waals surface area contributed by atoms with Crippen molar-refractivity contribution in [3.63, 3.8) is 0 Å². The molecule has 3 N–H and O–H groups in total. The average molecular weight is 600 g/mol. The number of amides is 2. The molecule has 1 saturated heterocycles. The second-order valence-electron chi connectivity index (χ2n) is 9.02. The summed E-state index contributed by atoms with van der Waals surface area (Å²) in [6, 6.07) is 12.4. The number of ether oxygens (including phenoxy) is 1. The van der Waals surface area contributed by atoms with Crippen LogP contribution in [0.1, 0.15) is 47.4 Å². The zero-order valence-electron chi connectivity index (χ0n) is 21.7. The molecule has 2 amide bonds. The van der Waals surface area contributed by atoms with Crippen LogP contribution >= 0.6 is 11.9 Å². The number of halogens is 2. The van der Waals surface area contributed by atoms with Gasteiger partial charge in [-0.1, -0.05) is 19.1 Å². The maximum atomic E-state index is 12.9. The Bertz CT molecular complexity index is 1280. The van der Waals surface area contributed by atoms with Crippen LogP contribution in [0.25, 0.3) is 0 Å². The largest absolute Gasteiger partial charge is 0.480 e. The highest BCUT2D eigenvalue weighted by atomic mass is 32.2. The van der Waals surface area contributed by atoms with Gasteiger partial charge >= 0.3 is 12.6 Å². The summed E-state index contributed by atoms with van der Waals surface area (Å²) < 4.78 is 56.4. The summed E-state index contributed by atoms with van der Waals surface area (Å²) in [5.74, 6) is -2.28. The lowest BCUT2D eigenvalue weighted by molar-refractivity contribution is -0.138. The number of carboxylic acids is 1. The van der Waals surface area contributed by atoms with Gasteiger partial charge in [-0.05, 0) is 66.8 Å². The smallest absolute Gasteiger partial charge is 0.345 e. The highest BCUT2D eigenvalue weighted by Crippen LogP contribution is 2.32. The lowest BCUT2D eigenvalue weighted by Crippen LogP contribution is -2.33. The monoisotopic (exact) mass is 599 g/mol. The Labute approximate surface area is 235 Å². The van der Waals surface area contributed by atoms with E-state index in [1.165, 1.54) is 19.1 Å². The van der Waals surface area contributed by atoms with Crippen LogP contribution in [0.4, 0.5) is 14.5 Å². The number of nitrogens with zero attached hydrogens (tertiary/aromatic N) is 1. The first-order valence-electron chi connectivity index (χ1n) is 12.5. The molecule has 1 fully saturated rings. The van der Waals surface area contributed by atoms with Crippen molar-refractivity contribution in [2.24, 2.45) is 0 Å². The third kappa shape index (κ3) is 8.89. The van der Waals surface area contributed by atoms with Crippen molar-refractivity contribution in [3.8, 4) is 0 Å². The van der Waals surface area contributed by atoms with Gasteiger partial charge in [-0.15, -0.1) is 0 Å². The van der Waals surface area contributed by atoms with Crippen molar-refractivity contribution in [1.29, 1.82) is 0 Å². The molecule has 1 heterocycles. The topological polar surface area (TPSA) is 142 Å². The lowest BCUT2D eigenvalue weighted by Gasteiger charge is -2.26. The van der Waals surface area contributed by atoms with Gasteiger partial charge in [0.2, 0.25) is 5.91 Å². The highest BCUT2D eigenvalue weighted by Gasteiger charge is 2.26. The number of carbonyl (C=O) groups excluding carboxylic acids is 2. The van der Waals surface area contributed by atoms with Crippen molar-refractivity contribution in [2.75, 3.05) is 30.3 Å². The molecule has 0 bridgehead atoms. The molecule has 10 nitrogen and oxygen atoms in total. The molecule has 0 saturated carbocycles. The molecule has 218 valence electrons. The van der Waals surface area contributed by atoms with E-state index in [1.54, 1.807) is 36.4 Å². The second kappa shape index (κ2) is 14.4. The normalized spacial score (nSPS) is 16.1. The van der Waals surface area contributed by atoms with Crippen LogP contribution < -0.4 is 14.9 Å². The fourth-order valence-corrected chi connectivity index (χ4v) is 6.00. The van der Waals surface area contributed by atoms with E-state index < -0.39 is 46.0 Å². The van der Waals surface area contributed by atoms with E-state index in [9.17, 15) is 31.6 Å². The van der Waals surface area contributed by atoms with Gasteiger partial charge in [0.25, 0.3) is 5.91 Å². The minimum Gasteiger partial charge on any atom is -0.480 e. The van der Waals surface area contributed by atoms with Crippen molar-refractivity contribution in [2.45, 2.75) is 49.0 Å². The molecule has 2 aromatic carbocycles. The van der Waals surface area contributed by atoms with Gasteiger partial charge in [0.15, 0.2) is 9.84 Å². The molecule has 2 atom stereocenters. The van der Waals surface area contributed by atoms with E-state index in [4.69, 9.17) is 5.11 Å².